The monoisotopic (exact) mass is 229 g/mol. The number of methoxy groups -OCH3 is 1. The van der Waals surface area contributed by atoms with Gasteiger partial charge in [0.05, 0.1) is 0 Å². The third-order valence-electron chi connectivity index (χ3n) is 3.11. The van der Waals surface area contributed by atoms with Gasteiger partial charge in [0.25, 0.3) is 0 Å². The Kier molecular flexibility index (Phi) is 5.77. The Bertz CT molecular complexity index is 220. The third-order valence-corrected chi connectivity index (χ3v) is 3.11. The van der Waals surface area contributed by atoms with Gasteiger partial charge >= 0.3 is 5.97 Å². The van der Waals surface area contributed by atoms with Gasteiger partial charge in [0.15, 0.2) is 0 Å². The lowest BCUT2D eigenvalue weighted by Gasteiger charge is -2.27. The number of carbonyl (C=O) groups excluding carboxylic acids is 1. The molecule has 2 N–H and O–H groups in total. The highest BCUT2D eigenvalue weighted by Crippen LogP contribution is 2.25. The first kappa shape index (κ1) is 13.5. The van der Waals surface area contributed by atoms with Crippen LogP contribution in [0, 0.1) is 5.92 Å². The van der Waals surface area contributed by atoms with Gasteiger partial charge in [0.1, 0.15) is 12.1 Å². The van der Waals surface area contributed by atoms with Crippen LogP contribution in [-0.4, -0.2) is 31.8 Å². The van der Waals surface area contributed by atoms with Crippen LogP contribution in [0.1, 0.15) is 39.0 Å². The van der Waals surface area contributed by atoms with Crippen molar-refractivity contribution in [2.45, 2.75) is 51.2 Å². The van der Waals surface area contributed by atoms with E-state index < -0.39 is 6.04 Å². The minimum Gasteiger partial charge on any atom is -0.461 e. The van der Waals surface area contributed by atoms with E-state index >= 15 is 0 Å². The quantitative estimate of drug-likeness (QED) is 0.725. The van der Waals surface area contributed by atoms with Crippen LogP contribution in [0.5, 0.6) is 0 Å². The molecule has 1 rings (SSSR count). The van der Waals surface area contributed by atoms with Gasteiger partial charge in [0.2, 0.25) is 0 Å². The van der Waals surface area contributed by atoms with E-state index in [1.807, 2.05) is 0 Å². The van der Waals surface area contributed by atoms with Crippen LogP contribution >= 0.6 is 0 Å². The van der Waals surface area contributed by atoms with Gasteiger partial charge in [-0.1, -0.05) is 13.3 Å². The maximum Gasteiger partial charge on any atom is 0.323 e. The Balaban J connectivity index is 2.26. The van der Waals surface area contributed by atoms with Gasteiger partial charge in [0, 0.05) is 13.7 Å². The molecule has 0 spiro atoms. The molecule has 0 aromatic rings. The summed E-state index contributed by atoms with van der Waals surface area (Å²) < 4.78 is 10.3. The number of carbonyl (C=O) groups is 1. The largest absolute Gasteiger partial charge is 0.461 e. The fraction of sp³-hybridized carbons (Fsp3) is 0.917. The SMILES string of the molecule is COCCC(N)C(=O)OC1CCCC(C)C1. The molecular weight excluding hydrogens is 206 g/mol. The van der Waals surface area contributed by atoms with E-state index in [-0.39, 0.29) is 12.1 Å². The fourth-order valence-corrected chi connectivity index (χ4v) is 2.10. The maximum atomic E-state index is 11.6. The number of nitrogens with two attached hydrogens (primary N) is 1. The van der Waals surface area contributed by atoms with Crippen LogP contribution in [0.3, 0.4) is 0 Å². The van der Waals surface area contributed by atoms with E-state index in [1.54, 1.807) is 7.11 Å². The summed E-state index contributed by atoms with van der Waals surface area (Å²) >= 11 is 0. The smallest absolute Gasteiger partial charge is 0.323 e. The summed E-state index contributed by atoms with van der Waals surface area (Å²) in [5.41, 5.74) is 5.70. The first-order valence-corrected chi connectivity index (χ1v) is 6.08. The zero-order valence-corrected chi connectivity index (χ0v) is 10.3. The predicted octanol–water partition coefficient (Wildman–Crippen LogP) is 1.47. The average Bonchev–Trinajstić information content (AvgIpc) is 2.25. The highest BCUT2D eigenvalue weighted by Gasteiger charge is 2.24. The molecule has 0 saturated heterocycles. The molecule has 0 aromatic carbocycles. The first-order valence-electron chi connectivity index (χ1n) is 6.08. The van der Waals surface area contributed by atoms with E-state index in [2.05, 4.69) is 6.92 Å². The van der Waals surface area contributed by atoms with E-state index in [0.29, 0.717) is 18.9 Å². The highest BCUT2D eigenvalue weighted by molar-refractivity contribution is 5.75. The molecule has 0 radical (unpaired) electrons. The number of ether oxygens (including phenoxy) is 2. The lowest BCUT2D eigenvalue weighted by atomic mass is 9.89. The minimum atomic E-state index is -0.544. The molecule has 0 aliphatic heterocycles. The van der Waals surface area contributed by atoms with Gasteiger partial charge in [-0.2, -0.15) is 0 Å². The molecule has 3 atom stereocenters. The molecule has 3 unspecified atom stereocenters. The van der Waals surface area contributed by atoms with E-state index in [4.69, 9.17) is 15.2 Å². The zero-order chi connectivity index (χ0) is 12.0. The summed E-state index contributed by atoms with van der Waals surface area (Å²) in [4.78, 5) is 11.6. The number of hydrogen-bond acceptors (Lipinski definition) is 4. The van der Waals surface area contributed by atoms with Crippen molar-refractivity contribution in [1.29, 1.82) is 0 Å². The maximum absolute atomic E-state index is 11.6. The number of rotatable bonds is 5. The van der Waals surface area contributed by atoms with Crippen molar-refractivity contribution in [3.63, 3.8) is 0 Å². The second-order valence-corrected chi connectivity index (χ2v) is 4.72. The fourth-order valence-electron chi connectivity index (χ4n) is 2.10. The molecule has 1 aliphatic carbocycles. The van der Waals surface area contributed by atoms with Crippen LogP contribution in [-0.2, 0) is 14.3 Å². The second-order valence-electron chi connectivity index (χ2n) is 4.72. The summed E-state index contributed by atoms with van der Waals surface area (Å²) in [5, 5.41) is 0. The molecule has 0 aromatic heterocycles. The first-order chi connectivity index (χ1) is 7.63. The molecule has 1 saturated carbocycles. The Hall–Kier alpha value is -0.610. The van der Waals surface area contributed by atoms with Crippen molar-refractivity contribution >= 4 is 5.97 Å². The van der Waals surface area contributed by atoms with Crippen LogP contribution < -0.4 is 5.73 Å². The molecular formula is C12H23NO3. The molecule has 4 nitrogen and oxygen atoms in total. The minimum absolute atomic E-state index is 0.0739. The average molecular weight is 229 g/mol. The summed E-state index contributed by atoms with van der Waals surface area (Å²) in [6, 6.07) is -0.544. The van der Waals surface area contributed by atoms with Crippen molar-refractivity contribution in [3.05, 3.63) is 0 Å². The molecule has 4 heteroatoms. The topological polar surface area (TPSA) is 61.5 Å². The second kappa shape index (κ2) is 6.86. The predicted molar refractivity (Wildman–Crippen MR) is 62.0 cm³/mol. The Morgan fingerprint density at radius 2 is 2.25 bits per heavy atom. The third kappa shape index (κ3) is 4.49. The van der Waals surface area contributed by atoms with Crippen molar-refractivity contribution in [3.8, 4) is 0 Å². The van der Waals surface area contributed by atoms with Crippen molar-refractivity contribution in [2.24, 2.45) is 11.7 Å². The lowest BCUT2D eigenvalue weighted by Crippen LogP contribution is -2.37. The molecule has 94 valence electrons. The normalized spacial score (nSPS) is 27.4. The zero-order valence-electron chi connectivity index (χ0n) is 10.3. The Labute approximate surface area is 97.5 Å². The molecule has 0 heterocycles. The molecule has 0 bridgehead atoms. The van der Waals surface area contributed by atoms with Gasteiger partial charge in [-0.3, -0.25) is 4.79 Å². The Morgan fingerprint density at radius 1 is 1.50 bits per heavy atom. The van der Waals surface area contributed by atoms with Crippen LogP contribution in [0.2, 0.25) is 0 Å². The lowest BCUT2D eigenvalue weighted by molar-refractivity contribution is -0.153. The van der Waals surface area contributed by atoms with Gasteiger partial charge in [-0.25, -0.2) is 0 Å². The van der Waals surface area contributed by atoms with E-state index in [0.717, 1.165) is 19.3 Å². The van der Waals surface area contributed by atoms with Crippen molar-refractivity contribution < 1.29 is 14.3 Å². The van der Waals surface area contributed by atoms with Crippen LogP contribution in [0.4, 0.5) is 0 Å². The summed E-state index contributed by atoms with van der Waals surface area (Å²) in [5.74, 6) is 0.373. The molecule has 1 fully saturated rings. The Morgan fingerprint density at radius 3 is 2.88 bits per heavy atom. The molecule has 16 heavy (non-hydrogen) atoms. The van der Waals surface area contributed by atoms with Gasteiger partial charge in [-0.15, -0.1) is 0 Å². The van der Waals surface area contributed by atoms with E-state index in [1.165, 1.54) is 6.42 Å². The van der Waals surface area contributed by atoms with Crippen molar-refractivity contribution in [2.75, 3.05) is 13.7 Å². The number of hydrogen-bond donors (Lipinski definition) is 1. The summed E-state index contributed by atoms with van der Waals surface area (Å²) in [6.45, 7) is 2.70. The van der Waals surface area contributed by atoms with Crippen molar-refractivity contribution in [1.82, 2.24) is 0 Å². The summed E-state index contributed by atoms with van der Waals surface area (Å²) in [6.07, 6.45) is 4.94. The standard InChI is InChI=1S/C12H23NO3/c1-9-4-3-5-10(8-9)16-12(14)11(13)6-7-15-2/h9-11H,3-8,13H2,1-2H3. The molecule has 0 amide bonds. The highest BCUT2D eigenvalue weighted by atomic mass is 16.5. The number of esters is 1. The van der Waals surface area contributed by atoms with Gasteiger partial charge in [-0.05, 0) is 31.6 Å². The summed E-state index contributed by atoms with van der Waals surface area (Å²) in [7, 11) is 1.60. The van der Waals surface area contributed by atoms with Crippen LogP contribution in [0.15, 0.2) is 0 Å². The van der Waals surface area contributed by atoms with E-state index in [9.17, 15) is 4.79 Å². The van der Waals surface area contributed by atoms with Crippen LogP contribution in [0.25, 0.3) is 0 Å². The molecule has 1 aliphatic rings. The van der Waals surface area contributed by atoms with Gasteiger partial charge < -0.3 is 15.2 Å².